The predicted octanol–water partition coefficient (Wildman–Crippen LogP) is 3.84. The van der Waals surface area contributed by atoms with Gasteiger partial charge in [0.25, 0.3) is 0 Å². The maximum absolute atomic E-state index is 13.3. The number of aromatic hydroxyl groups is 1. The van der Waals surface area contributed by atoms with Crippen LogP contribution in [-0.2, 0) is 6.54 Å². The average Bonchev–Trinajstić information content (AvgIpc) is 2.65. The Kier molecular flexibility index (Phi) is 2.75. The van der Waals surface area contributed by atoms with Crippen LogP contribution in [-0.4, -0.2) is 9.67 Å². The Morgan fingerprint density at radius 3 is 2.58 bits per heavy atom. The first-order valence-corrected chi connectivity index (χ1v) is 6.18. The summed E-state index contributed by atoms with van der Waals surface area (Å²) < 4.78 is 15.3. The molecule has 3 heteroatoms. The van der Waals surface area contributed by atoms with E-state index >= 15 is 0 Å². The van der Waals surface area contributed by atoms with Crippen molar-refractivity contribution in [2.24, 2.45) is 0 Å². The molecule has 96 valence electrons. The minimum Gasteiger partial charge on any atom is -0.505 e. The van der Waals surface area contributed by atoms with Crippen molar-refractivity contribution in [1.82, 2.24) is 4.57 Å². The van der Waals surface area contributed by atoms with Crippen molar-refractivity contribution in [2.75, 3.05) is 0 Å². The van der Waals surface area contributed by atoms with Gasteiger partial charge in [-0.1, -0.05) is 30.3 Å². The highest BCUT2D eigenvalue weighted by Crippen LogP contribution is 2.32. The molecule has 3 aromatic rings. The predicted molar refractivity (Wildman–Crippen MR) is 73.8 cm³/mol. The van der Waals surface area contributed by atoms with E-state index in [1.165, 1.54) is 12.1 Å². The zero-order valence-electron chi connectivity index (χ0n) is 10.6. The molecule has 1 N–H and O–H groups in total. The highest BCUT2D eigenvalue weighted by atomic mass is 19.1. The maximum atomic E-state index is 13.3. The first kappa shape index (κ1) is 11.8. The molecule has 0 amide bonds. The molecule has 0 saturated carbocycles. The summed E-state index contributed by atoms with van der Waals surface area (Å²) in [5.41, 5.74) is 2.75. The van der Waals surface area contributed by atoms with Crippen molar-refractivity contribution in [3.05, 3.63) is 65.6 Å². The van der Waals surface area contributed by atoms with Crippen molar-refractivity contribution in [3.8, 4) is 5.75 Å². The molecule has 0 unspecified atom stereocenters. The number of hydrogen-bond donors (Lipinski definition) is 1. The van der Waals surface area contributed by atoms with Gasteiger partial charge in [0, 0.05) is 11.9 Å². The first-order valence-electron chi connectivity index (χ1n) is 6.18. The van der Waals surface area contributed by atoms with Crippen LogP contribution in [0.2, 0.25) is 0 Å². The van der Waals surface area contributed by atoms with Gasteiger partial charge < -0.3 is 9.67 Å². The SMILES string of the molecule is Cc1c(O)c2cc(F)ccc2n1Cc1ccccc1. The van der Waals surface area contributed by atoms with Crippen LogP contribution in [0.15, 0.2) is 48.5 Å². The molecule has 0 atom stereocenters. The third-order valence-corrected chi connectivity index (χ3v) is 3.44. The van der Waals surface area contributed by atoms with E-state index in [4.69, 9.17) is 0 Å². The summed E-state index contributed by atoms with van der Waals surface area (Å²) in [6.45, 7) is 2.51. The molecule has 0 bridgehead atoms. The number of nitrogens with zero attached hydrogens (tertiary/aromatic N) is 1. The molecule has 0 aliphatic carbocycles. The van der Waals surface area contributed by atoms with Gasteiger partial charge in [-0.3, -0.25) is 0 Å². The fraction of sp³-hybridized carbons (Fsp3) is 0.125. The van der Waals surface area contributed by atoms with E-state index in [0.717, 1.165) is 16.8 Å². The van der Waals surface area contributed by atoms with E-state index in [-0.39, 0.29) is 11.6 Å². The molecule has 0 aliphatic rings. The molecule has 3 rings (SSSR count). The molecule has 1 heterocycles. The molecular weight excluding hydrogens is 241 g/mol. The van der Waals surface area contributed by atoms with Gasteiger partial charge in [0.15, 0.2) is 0 Å². The second-order valence-corrected chi connectivity index (χ2v) is 4.67. The normalized spacial score (nSPS) is 11.1. The molecular formula is C16H14FNO. The number of halogens is 1. The van der Waals surface area contributed by atoms with Crippen molar-refractivity contribution >= 4 is 10.9 Å². The average molecular weight is 255 g/mol. The fourth-order valence-electron chi connectivity index (χ4n) is 2.41. The Bertz CT molecular complexity index is 731. The second kappa shape index (κ2) is 4.43. The van der Waals surface area contributed by atoms with Gasteiger partial charge in [0.1, 0.15) is 11.6 Å². The molecule has 19 heavy (non-hydrogen) atoms. The van der Waals surface area contributed by atoms with Crippen molar-refractivity contribution in [1.29, 1.82) is 0 Å². The van der Waals surface area contributed by atoms with E-state index in [9.17, 15) is 9.50 Å². The molecule has 2 nitrogen and oxygen atoms in total. The van der Waals surface area contributed by atoms with Crippen molar-refractivity contribution in [3.63, 3.8) is 0 Å². The largest absolute Gasteiger partial charge is 0.505 e. The molecule has 0 radical (unpaired) electrons. The van der Waals surface area contributed by atoms with Gasteiger partial charge in [-0.15, -0.1) is 0 Å². The molecule has 0 aliphatic heterocycles. The fourth-order valence-corrected chi connectivity index (χ4v) is 2.41. The lowest BCUT2D eigenvalue weighted by Crippen LogP contribution is -2.01. The smallest absolute Gasteiger partial charge is 0.144 e. The Labute approximate surface area is 110 Å². The van der Waals surface area contributed by atoms with E-state index in [0.29, 0.717) is 11.9 Å². The van der Waals surface area contributed by atoms with Gasteiger partial charge in [-0.25, -0.2) is 4.39 Å². The van der Waals surface area contributed by atoms with E-state index in [1.54, 1.807) is 6.07 Å². The highest BCUT2D eigenvalue weighted by molar-refractivity contribution is 5.88. The number of aromatic nitrogens is 1. The minimum absolute atomic E-state index is 0.158. The van der Waals surface area contributed by atoms with Crippen molar-refractivity contribution in [2.45, 2.75) is 13.5 Å². The molecule has 1 aromatic heterocycles. The summed E-state index contributed by atoms with van der Waals surface area (Å²) >= 11 is 0. The Hall–Kier alpha value is -2.29. The molecule has 0 saturated heterocycles. The van der Waals surface area contributed by atoms with Gasteiger partial charge in [0.2, 0.25) is 0 Å². The molecule has 0 spiro atoms. The van der Waals surface area contributed by atoms with Gasteiger partial charge in [0.05, 0.1) is 11.2 Å². The monoisotopic (exact) mass is 255 g/mol. The van der Waals surface area contributed by atoms with Crippen LogP contribution >= 0.6 is 0 Å². The second-order valence-electron chi connectivity index (χ2n) is 4.67. The zero-order valence-corrected chi connectivity index (χ0v) is 10.6. The van der Waals surface area contributed by atoms with E-state index < -0.39 is 0 Å². The lowest BCUT2D eigenvalue weighted by molar-refractivity contribution is 0.473. The Morgan fingerprint density at radius 1 is 1.11 bits per heavy atom. The van der Waals surface area contributed by atoms with Crippen LogP contribution in [0, 0.1) is 12.7 Å². The number of rotatable bonds is 2. The summed E-state index contributed by atoms with van der Waals surface area (Å²) in [7, 11) is 0. The van der Waals surface area contributed by atoms with Crippen LogP contribution in [0.1, 0.15) is 11.3 Å². The third kappa shape index (κ3) is 1.97. The summed E-state index contributed by atoms with van der Waals surface area (Å²) in [4.78, 5) is 0. The van der Waals surface area contributed by atoms with Gasteiger partial charge in [-0.2, -0.15) is 0 Å². The van der Waals surface area contributed by atoms with Crippen LogP contribution < -0.4 is 0 Å². The lowest BCUT2D eigenvalue weighted by Gasteiger charge is -2.08. The summed E-state index contributed by atoms with van der Waals surface area (Å²) in [5, 5.41) is 10.7. The van der Waals surface area contributed by atoms with Gasteiger partial charge in [-0.05, 0) is 30.7 Å². The number of fused-ring (bicyclic) bond motifs is 1. The topological polar surface area (TPSA) is 25.2 Å². The quantitative estimate of drug-likeness (QED) is 0.739. The number of benzene rings is 2. The first-order chi connectivity index (χ1) is 9.16. The van der Waals surface area contributed by atoms with Gasteiger partial charge >= 0.3 is 0 Å². The Balaban J connectivity index is 2.16. The summed E-state index contributed by atoms with van der Waals surface area (Å²) in [6.07, 6.45) is 0. The summed E-state index contributed by atoms with van der Waals surface area (Å²) in [6, 6.07) is 14.5. The maximum Gasteiger partial charge on any atom is 0.144 e. The summed E-state index contributed by atoms with van der Waals surface area (Å²) in [5.74, 6) is -0.176. The van der Waals surface area contributed by atoms with Crippen LogP contribution in [0.4, 0.5) is 4.39 Å². The molecule has 2 aromatic carbocycles. The third-order valence-electron chi connectivity index (χ3n) is 3.44. The minimum atomic E-state index is -0.334. The van der Waals surface area contributed by atoms with E-state index in [2.05, 4.69) is 0 Å². The molecule has 0 fully saturated rings. The van der Waals surface area contributed by atoms with Crippen LogP contribution in [0.5, 0.6) is 5.75 Å². The van der Waals surface area contributed by atoms with E-state index in [1.807, 2.05) is 41.8 Å². The Morgan fingerprint density at radius 2 is 1.84 bits per heavy atom. The highest BCUT2D eigenvalue weighted by Gasteiger charge is 2.13. The van der Waals surface area contributed by atoms with Crippen LogP contribution in [0.3, 0.4) is 0 Å². The van der Waals surface area contributed by atoms with Crippen LogP contribution in [0.25, 0.3) is 10.9 Å². The lowest BCUT2D eigenvalue weighted by atomic mass is 10.2. The van der Waals surface area contributed by atoms with Crippen molar-refractivity contribution < 1.29 is 9.50 Å². The standard InChI is InChI=1S/C16H14FNO/c1-11-16(19)14-9-13(17)7-8-15(14)18(11)10-12-5-3-2-4-6-12/h2-9,19H,10H2,1H3. The zero-order chi connectivity index (χ0) is 13.4. The number of hydrogen-bond acceptors (Lipinski definition) is 1.